The molecule has 3 N–H and O–H groups in total. The number of aliphatic hydroxyl groups is 1. The molecule has 0 aliphatic carbocycles. The number of rotatable bonds is 8. The monoisotopic (exact) mass is 273 g/mol. The number of nitrogens with one attached hydrogen (secondary N) is 1. The zero-order valence-corrected chi connectivity index (χ0v) is 11.3. The summed E-state index contributed by atoms with van der Waals surface area (Å²) in [6.07, 6.45) is 0.810. The Kier molecular flexibility index (Phi) is 7.08. The highest BCUT2D eigenvalue weighted by Crippen LogP contribution is 2.24. The predicted molar refractivity (Wildman–Crippen MR) is 73.5 cm³/mol. The molecule has 102 valence electrons. The van der Waals surface area contributed by atoms with Gasteiger partial charge in [-0.3, -0.25) is 0 Å². The highest BCUT2D eigenvalue weighted by Gasteiger charge is 2.10. The molecule has 0 aromatic heterocycles. The van der Waals surface area contributed by atoms with Crippen molar-refractivity contribution in [1.29, 1.82) is 0 Å². The van der Waals surface area contributed by atoms with E-state index in [-0.39, 0.29) is 24.2 Å². The van der Waals surface area contributed by atoms with E-state index in [4.69, 9.17) is 5.11 Å². The van der Waals surface area contributed by atoms with Gasteiger partial charge in [0.1, 0.15) is 11.6 Å². The average molecular weight is 273 g/mol. The molecule has 0 saturated carbocycles. The van der Waals surface area contributed by atoms with Gasteiger partial charge in [-0.05, 0) is 37.3 Å². The lowest BCUT2D eigenvalue weighted by molar-refractivity contribution is 0.296. The van der Waals surface area contributed by atoms with E-state index in [1.54, 1.807) is 11.8 Å². The molecule has 0 aliphatic heterocycles. The van der Waals surface area contributed by atoms with Crippen LogP contribution in [0.5, 0.6) is 5.75 Å². The van der Waals surface area contributed by atoms with E-state index in [9.17, 15) is 9.50 Å². The summed E-state index contributed by atoms with van der Waals surface area (Å²) >= 11 is 1.76. The second kappa shape index (κ2) is 8.34. The maximum absolute atomic E-state index is 13.1. The summed E-state index contributed by atoms with van der Waals surface area (Å²) in [6.45, 7) is 2.91. The first-order chi connectivity index (χ1) is 8.65. The maximum atomic E-state index is 13.1. The largest absolute Gasteiger partial charge is 0.508 e. The summed E-state index contributed by atoms with van der Waals surface area (Å²) in [5.74, 6) is 1.65. The highest BCUT2D eigenvalue weighted by molar-refractivity contribution is 7.99. The van der Waals surface area contributed by atoms with Gasteiger partial charge in [0.25, 0.3) is 0 Å². The van der Waals surface area contributed by atoms with Gasteiger partial charge in [0.2, 0.25) is 0 Å². The minimum absolute atomic E-state index is 0.0841. The van der Waals surface area contributed by atoms with E-state index >= 15 is 0 Å². The molecule has 0 amide bonds. The number of thioether (sulfide) groups is 1. The predicted octanol–water partition coefficient (Wildman–Crippen LogP) is 2.30. The molecule has 0 aliphatic rings. The fraction of sp³-hybridized carbons (Fsp3) is 0.538. The van der Waals surface area contributed by atoms with Crippen LogP contribution in [0, 0.1) is 5.82 Å². The van der Waals surface area contributed by atoms with Crippen LogP contribution < -0.4 is 5.32 Å². The van der Waals surface area contributed by atoms with Gasteiger partial charge in [-0.1, -0.05) is 0 Å². The second-order valence-corrected chi connectivity index (χ2v) is 5.29. The number of hydrogen-bond donors (Lipinski definition) is 3. The minimum atomic E-state index is -0.339. The van der Waals surface area contributed by atoms with E-state index in [1.165, 1.54) is 18.2 Å². The maximum Gasteiger partial charge on any atom is 0.123 e. The van der Waals surface area contributed by atoms with Crippen LogP contribution in [-0.2, 0) is 0 Å². The van der Waals surface area contributed by atoms with E-state index in [2.05, 4.69) is 5.32 Å². The van der Waals surface area contributed by atoms with Gasteiger partial charge in [0.15, 0.2) is 0 Å². The Bertz CT molecular complexity index is 363. The number of hydrogen-bond acceptors (Lipinski definition) is 4. The van der Waals surface area contributed by atoms with Crippen molar-refractivity contribution in [3.8, 4) is 5.75 Å². The molecule has 3 nitrogen and oxygen atoms in total. The second-order valence-electron chi connectivity index (χ2n) is 4.07. The standard InChI is InChI=1S/C13H20FNO2S/c1-10(15-5-8-18-7-2-6-16)12-9-11(14)3-4-13(12)17/h3-4,9-10,15-17H,2,5-8H2,1H3. The van der Waals surface area contributed by atoms with E-state index in [0.29, 0.717) is 5.56 Å². The molecule has 18 heavy (non-hydrogen) atoms. The smallest absolute Gasteiger partial charge is 0.123 e. The lowest BCUT2D eigenvalue weighted by Crippen LogP contribution is -2.21. The summed E-state index contributed by atoms with van der Waals surface area (Å²) in [5, 5.41) is 21.5. The fourth-order valence-corrected chi connectivity index (χ4v) is 2.40. The zero-order chi connectivity index (χ0) is 13.4. The first kappa shape index (κ1) is 15.3. The number of phenolic OH excluding ortho intramolecular Hbond substituents is 1. The van der Waals surface area contributed by atoms with Crippen LogP contribution in [0.1, 0.15) is 24.9 Å². The van der Waals surface area contributed by atoms with Gasteiger partial charge < -0.3 is 15.5 Å². The van der Waals surface area contributed by atoms with E-state index < -0.39 is 0 Å². The molecule has 0 radical (unpaired) electrons. The van der Waals surface area contributed by atoms with Crippen molar-refractivity contribution in [2.45, 2.75) is 19.4 Å². The van der Waals surface area contributed by atoms with Crippen molar-refractivity contribution < 1.29 is 14.6 Å². The summed E-state index contributed by atoms with van der Waals surface area (Å²) < 4.78 is 13.1. The van der Waals surface area contributed by atoms with Crippen LogP contribution in [0.3, 0.4) is 0 Å². The van der Waals surface area contributed by atoms with Crippen molar-refractivity contribution in [3.05, 3.63) is 29.6 Å². The van der Waals surface area contributed by atoms with Gasteiger partial charge in [0, 0.05) is 30.5 Å². The van der Waals surface area contributed by atoms with Crippen LogP contribution in [0.4, 0.5) is 4.39 Å². The van der Waals surface area contributed by atoms with E-state index in [0.717, 1.165) is 24.5 Å². The molecule has 0 bridgehead atoms. The third kappa shape index (κ3) is 5.25. The Morgan fingerprint density at radius 1 is 1.39 bits per heavy atom. The number of phenols is 1. The number of aliphatic hydroxyl groups excluding tert-OH is 1. The zero-order valence-electron chi connectivity index (χ0n) is 10.5. The van der Waals surface area contributed by atoms with Crippen molar-refractivity contribution in [3.63, 3.8) is 0 Å². The van der Waals surface area contributed by atoms with Crippen LogP contribution in [0.25, 0.3) is 0 Å². The topological polar surface area (TPSA) is 52.5 Å². The molecule has 0 fully saturated rings. The quantitative estimate of drug-likeness (QED) is 0.636. The molecule has 1 rings (SSSR count). The Morgan fingerprint density at radius 2 is 2.17 bits per heavy atom. The van der Waals surface area contributed by atoms with E-state index in [1.807, 2.05) is 6.92 Å². The van der Waals surface area contributed by atoms with Crippen molar-refractivity contribution in [1.82, 2.24) is 5.32 Å². The molecule has 1 aromatic carbocycles. The summed E-state index contributed by atoms with van der Waals surface area (Å²) in [6, 6.07) is 3.89. The fourth-order valence-electron chi connectivity index (χ4n) is 1.60. The lowest BCUT2D eigenvalue weighted by Gasteiger charge is -2.15. The SMILES string of the molecule is CC(NCCSCCCO)c1cc(F)ccc1O. The van der Waals surface area contributed by atoms with Crippen LogP contribution in [-0.4, -0.2) is 34.9 Å². The third-order valence-electron chi connectivity index (χ3n) is 2.60. The molecule has 0 spiro atoms. The van der Waals surface area contributed by atoms with Gasteiger partial charge in [-0.15, -0.1) is 0 Å². The number of aromatic hydroxyl groups is 1. The third-order valence-corrected chi connectivity index (χ3v) is 3.67. The Balaban J connectivity index is 2.31. The molecule has 0 saturated heterocycles. The molecule has 1 atom stereocenters. The van der Waals surface area contributed by atoms with Crippen LogP contribution >= 0.6 is 11.8 Å². The van der Waals surface area contributed by atoms with Crippen molar-refractivity contribution in [2.75, 3.05) is 24.7 Å². The normalized spacial score (nSPS) is 12.6. The van der Waals surface area contributed by atoms with Crippen molar-refractivity contribution in [2.24, 2.45) is 0 Å². The molecule has 1 unspecified atom stereocenters. The number of benzene rings is 1. The minimum Gasteiger partial charge on any atom is -0.508 e. The molecule has 1 aromatic rings. The van der Waals surface area contributed by atoms with Crippen molar-refractivity contribution >= 4 is 11.8 Å². The van der Waals surface area contributed by atoms with Crippen LogP contribution in [0.15, 0.2) is 18.2 Å². The number of halogens is 1. The molecule has 0 heterocycles. The van der Waals surface area contributed by atoms with Gasteiger partial charge >= 0.3 is 0 Å². The highest BCUT2D eigenvalue weighted by atomic mass is 32.2. The van der Waals surface area contributed by atoms with Gasteiger partial charge in [-0.25, -0.2) is 4.39 Å². The Labute approximate surface area is 111 Å². The first-order valence-electron chi connectivity index (χ1n) is 6.05. The molecular formula is C13H20FNO2S. The summed E-state index contributed by atoms with van der Waals surface area (Å²) in [5.41, 5.74) is 0.579. The van der Waals surface area contributed by atoms with Crippen LogP contribution in [0.2, 0.25) is 0 Å². The van der Waals surface area contributed by atoms with Gasteiger partial charge in [-0.2, -0.15) is 11.8 Å². The summed E-state index contributed by atoms with van der Waals surface area (Å²) in [4.78, 5) is 0. The lowest BCUT2D eigenvalue weighted by atomic mass is 10.1. The summed E-state index contributed by atoms with van der Waals surface area (Å²) in [7, 11) is 0. The molecule has 5 heteroatoms. The van der Waals surface area contributed by atoms with Gasteiger partial charge in [0.05, 0.1) is 0 Å². The first-order valence-corrected chi connectivity index (χ1v) is 7.21. The Hall–Kier alpha value is -0.780. The Morgan fingerprint density at radius 3 is 2.89 bits per heavy atom. The molecular weight excluding hydrogens is 253 g/mol. The average Bonchev–Trinajstić information content (AvgIpc) is 2.36.